The Morgan fingerprint density at radius 2 is 1.27 bits per heavy atom. The van der Waals surface area contributed by atoms with Crippen LogP contribution < -0.4 is 5.73 Å². The summed E-state index contributed by atoms with van der Waals surface area (Å²) in [4.78, 5) is 25.5. The normalized spacial score (nSPS) is 15.9. The number of nitrogens with two attached hydrogens (primary N) is 1. The van der Waals surface area contributed by atoms with Crippen LogP contribution in [-0.4, -0.2) is 52.2 Å². The van der Waals surface area contributed by atoms with Crippen molar-refractivity contribution in [2.24, 2.45) is 17.6 Å². The molecule has 0 bridgehead atoms. The Balaban J connectivity index is 5.22. The van der Waals surface area contributed by atoms with Crippen LogP contribution in [0.4, 0.5) is 0 Å². The summed E-state index contributed by atoms with van der Waals surface area (Å²) in [7, 11) is 0. The van der Waals surface area contributed by atoms with Crippen LogP contribution in [-0.2, 0) is 9.59 Å². The van der Waals surface area contributed by atoms with Gasteiger partial charge >= 0.3 is 0 Å². The van der Waals surface area contributed by atoms with E-state index >= 15 is 0 Å². The molecule has 6 nitrogen and oxygen atoms in total. The predicted octanol–water partition coefficient (Wildman–Crippen LogP) is 2.45. The molecule has 2 amide bonds. The summed E-state index contributed by atoms with van der Waals surface area (Å²) >= 11 is 0. The molecule has 0 aliphatic carbocycles. The Kier molecular flexibility index (Phi) is 13.4. The van der Waals surface area contributed by atoms with Crippen molar-refractivity contribution in [3.05, 3.63) is 0 Å². The second-order valence-corrected chi connectivity index (χ2v) is 7.37. The molecule has 26 heavy (non-hydrogen) atoms. The highest BCUT2D eigenvalue weighted by molar-refractivity contribution is 5.89. The zero-order chi connectivity index (χ0) is 20.1. The molecule has 2 unspecified atom stereocenters. The number of aliphatic hydroxyl groups is 2. The molecule has 0 aromatic rings. The minimum atomic E-state index is -1.86. The Morgan fingerprint density at radius 1 is 0.846 bits per heavy atom. The second-order valence-electron chi connectivity index (χ2n) is 7.37. The fourth-order valence-corrected chi connectivity index (χ4v) is 3.19. The number of hydrogen-bond acceptors (Lipinski definition) is 4. The van der Waals surface area contributed by atoms with E-state index in [9.17, 15) is 19.8 Å². The van der Waals surface area contributed by atoms with E-state index < -0.39 is 24.0 Å². The number of carbonyl (C=O) groups is 2. The molecule has 4 atom stereocenters. The van der Waals surface area contributed by atoms with Crippen LogP contribution in [0.5, 0.6) is 0 Å². The van der Waals surface area contributed by atoms with Crippen LogP contribution >= 0.6 is 0 Å². The minimum absolute atomic E-state index is 0.348. The first-order valence-electron chi connectivity index (χ1n) is 10.3. The number of hydrogen-bond donors (Lipinski definition) is 3. The van der Waals surface area contributed by atoms with Crippen molar-refractivity contribution in [3.8, 4) is 0 Å². The fraction of sp³-hybridized carbons (Fsp3) is 0.900. The third kappa shape index (κ3) is 8.99. The summed E-state index contributed by atoms with van der Waals surface area (Å²) in [5.41, 5.74) is 5.04. The van der Waals surface area contributed by atoms with Crippen LogP contribution in [0.3, 0.4) is 0 Å². The van der Waals surface area contributed by atoms with Gasteiger partial charge < -0.3 is 20.8 Å². The topological polar surface area (TPSA) is 104 Å². The van der Waals surface area contributed by atoms with Gasteiger partial charge in [-0.25, -0.2) is 0 Å². The molecular weight excluding hydrogens is 332 g/mol. The van der Waals surface area contributed by atoms with Crippen LogP contribution in [0.15, 0.2) is 0 Å². The molecule has 0 spiro atoms. The number of unbranched alkanes of at least 4 members (excludes halogenated alkanes) is 2. The zero-order valence-electron chi connectivity index (χ0n) is 17.1. The van der Waals surface area contributed by atoms with E-state index in [0.29, 0.717) is 24.9 Å². The average molecular weight is 373 g/mol. The van der Waals surface area contributed by atoms with Crippen molar-refractivity contribution >= 4 is 11.8 Å². The number of amides is 2. The van der Waals surface area contributed by atoms with Gasteiger partial charge in [-0.2, -0.15) is 0 Å². The quantitative estimate of drug-likeness (QED) is 0.411. The minimum Gasteiger partial charge on any atom is -0.380 e. The molecule has 0 aliphatic rings. The molecule has 0 radical (unpaired) electrons. The van der Waals surface area contributed by atoms with Crippen LogP contribution in [0, 0.1) is 11.8 Å². The first kappa shape index (κ1) is 24.9. The van der Waals surface area contributed by atoms with Crippen LogP contribution in [0.25, 0.3) is 0 Å². The molecule has 0 rings (SSSR count). The Morgan fingerprint density at radius 3 is 1.58 bits per heavy atom. The van der Waals surface area contributed by atoms with Gasteiger partial charge in [0.05, 0.1) is 0 Å². The zero-order valence-corrected chi connectivity index (χ0v) is 17.1. The number of primary amides is 1. The largest absolute Gasteiger partial charge is 0.380 e. The standard InChI is InChI=1S/C20H40N2O4/c1-5-9-11-15(7-3)13-22(14-16(8-4)12-10-6-2)20(26)18(24)17(23)19(21)25/h15-18,23-24H,5-14H2,1-4H3,(H2,21,25)/t15?,16?,17-,18-/m1/s1. The lowest BCUT2D eigenvalue weighted by atomic mass is 9.95. The lowest BCUT2D eigenvalue weighted by Gasteiger charge is -2.32. The highest BCUT2D eigenvalue weighted by Gasteiger charge is 2.33. The molecule has 0 heterocycles. The lowest BCUT2D eigenvalue weighted by Crippen LogP contribution is -2.51. The fourth-order valence-electron chi connectivity index (χ4n) is 3.19. The summed E-state index contributed by atoms with van der Waals surface area (Å²) in [5, 5.41) is 19.8. The lowest BCUT2D eigenvalue weighted by molar-refractivity contribution is -0.153. The maximum atomic E-state index is 12.7. The molecule has 0 aromatic heterocycles. The monoisotopic (exact) mass is 372 g/mol. The van der Waals surface area contributed by atoms with Gasteiger partial charge in [-0.05, 0) is 24.7 Å². The highest BCUT2D eigenvalue weighted by Crippen LogP contribution is 2.20. The van der Waals surface area contributed by atoms with E-state index in [1.807, 2.05) is 0 Å². The van der Waals surface area contributed by atoms with Crippen molar-refractivity contribution in [2.45, 2.75) is 91.3 Å². The SMILES string of the molecule is CCCCC(CC)CN(CC(CC)CCCC)C(=O)[C@H](O)[C@@H](O)C(N)=O. The summed E-state index contributed by atoms with van der Waals surface area (Å²) in [5.74, 6) is -0.982. The first-order chi connectivity index (χ1) is 12.3. The average Bonchev–Trinajstić information content (AvgIpc) is 2.64. The van der Waals surface area contributed by atoms with Gasteiger partial charge in [0.15, 0.2) is 12.2 Å². The maximum Gasteiger partial charge on any atom is 0.254 e. The van der Waals surface area contributed by atoms with Gasteiger partial charge in [0, 0.05) is 13.1 Å². The number of nitrogens with zero attached hydrogens (tertiary/aromatic N) is 1. The number of carbonyl (C=O) groups excluding carboxylic acids is 2. The van der Waals surface area contributed by atoms with E-state index in [2.05, 4.69) is 27.7 Å². The smallest absolute Gasteiger partial charge is 0.254 e. The maximum absolute atomic E-state index is 12.7. The molecule has 0 saturated heterocycles. The third-order valence-electron chi connectivity index (χ3n) is 5.20. The Bertz CT molecular complexity index is 385. The molecule has 4 N–H and O–H groups in total. The van der Waals surface area contributed by atoms with Gasteiger partial charge in [-0.3, -0.25) is 9.59 Å². The van der Waals surface area contributed by atoms with E-state index in [1.54, 1.807) is 4.90 Å². The van der Waals surface area contributed by atoms with Gasteiger partial charge in [0.1, 0.15) is 0 Å². The Labute approximate surface area is 159 Å². The third-order valence-corrected chi connectivity index (χ3v) is 5.20. The summed E-state index contributed by atoms with van der Waals surface area (Å²) in [6.07, 6.45) is 4.68. The van der Waals surface area contributed by atoms with Crippen LogP contribution in [0.1, 0.15) is 79.1 Å². The van der Waals surface area contributed by atoms with E-state index in [0.717, 1.165) is 51.4 Å². The molecule has 6 heteroatoms. The van der Waals surface area contributed by atoms with E-state index in [1.165, 1.54) is 0 Å². The van der Waals surface area contributed by atoms with Crippen molar-refractivity contribution in [1.82, 2.24) is 4.90 Å². The van der Waals surface area contributed by atoms with E-state index in [-0.39, 0.29) is 0 Å². The predicted molar refractivity (Wildman–Crippen MR) is 104 cm³/mol. The second kappa shape index (κ2) is 14.0. The highest BCUT2D eigenvalue weighted by atomic mass is 16.3. The first-order valence-corrected chi connectivity index (χ1v) is 10.3. The van der Waals surface area contributed by atoms with Gasteiger partial charge in [-0.15, -0.1) is 0 Å². The number of aliphatic hydroxyl groups excluding tert-OH is 2. The molecule has 0 saturated carbocycles. The van der Waals surface area contributed by atoms with Crippen molar-refractivity contribution in [1.29, 1.82) is 0 Å². The van der Waals surface area contributed by atoms with Crippen LogP contribution in [0.2, 0.25) is 0 Å². The van der Waals surface area contributed by atoms with Gasteiger partial charge in [0.25, 0.3) is 5.91 Å². The molecule has 154 valence electrons. The molecule has 0 fully saturated rings. The summed E-state index contributed by atoms with van der Waals surface area (Å²) in [6.45, 7) is 9.57. The van der Waals surface area contributed by atoms with Crippen molar-refractivity contribution in [2.75, 3.05) is 13.1 Å². The Hall–Kier alpha value is -1.14. The van der Waals surface area contributed by atoms with Gasteiger partial charge in [-0.1, -0.05) is 66.2 Å². The summed E-state index contributed by atoms with van der Waals surface area (Å²) < 4.78 is 0. The molecular formula is C20H40N2O4. The molecule has 0 aliphatic heterocycles. The van der Waals surface area contributed by atoms with Gasteiger partial charge in [0.2, 0.25) is 5.91 Å². The number of rotatable bonds is 15. The molecule has 0 aromatic carbocycles. The summed E-state index contributed by atoms with van der Waals surface area (Å²) in [6, 6.07) is 0. The van der Waals surface area contributed by atoms with Crippen molar-refractivity contribution < 1.29 is 19.8 Å². The van der Waals surface area contributed by atoms with E-state index in [4.69, 9.17) is 5.73 Å². The van der Waals surface area contributed by atoms with Crippen molar-refractivity contribution in [3.63, 3.8) is 0 Å².